The second-order valence-electron chi connectivity index (χ2n) is 7.36. The van der Waals surface area contributed by atoms with E-state index in [0.29, 0.717) is 23.0 Å². The Hall–Kier alpha value is -2.34. The summed E-state index contributed by atoms with van der Waals surface area (Å²) in [4.78, 5) is 24.7. The summed E-state index contributed by atoms with van der Waals surface area (Å²) in [5.74, 6) is 0.156. The first-order valence-electron chi connectivity index (χ1n) is 9.47. The van der Waals surface area contributed by atoms with Crippen molar-refractivity contribution < 1.29 is 23.5 Å². The van der Waals surface area contributed by atoms with E-state index >= 15 is 0 Å². The average molecular weight is 373 g/mol. The molecule has 2 aromatic rings. The largest absolute Gasteiger partial charge is 0.450 e. The minimum atomic E-state index is -0.654. The van der Waals surface area contributed by atoms with Crippen LogP contribution in [0.5, 0.6) is 0 Å². The molecule has 6 nitrogen and oxygen atoms in total. The summed E-state index contributed by atoms with van der Waals surface area (Å²) in [6.45, 7) is 4.28. The molecular weight excluding hydrogens is 346 g/mol. The lowest BCUT2D eigenvalue weighted by Gasteiger charge is -2.34. The lowest BCUT2D eigenvalue weighted by atomic mass is 9.78. The van der Waals surface area contributed by atoms with Crippen molar-refractivity contribution >= 4 is 22.8 Å². The van der Waals surface area contributed by atoms with E-state index in [1.807, 2.05) is 18.2 Å². The third-order valence-electron chi connectivity index (χ3n) is 5.56. The molecule has 146 valence electrons. The zero-order valence-electron chi connectivity index (χ0n) is 16.1. The maximum absolute atomic E-state index is 12.5. The van der Waals surface area contributed by atoms with Gasteiger partial charge < -0.3 is 19.2 Å². The number of fused-ring (bicyclic) bond motifs is 1. The minimum Gasteiger partial charge on any atom is -0.450 e. The zero-order chi connectivity index (χ0) is 19.4. The number of amides is 1. The fourth-order valence-corrected chi connectivity index (χ4v) is 3.78. The van der Waals surface area contributed by atoms with E-state index in [4.69, 9.17) is 13.9 Å². The summed E-state index contributed by atoms with van der Waals surface area (Å²) in [6, 6.07) is 7.48. The molecule has 0 bridgehead atoms. The molecule has 1 saturated carbocycles. The van der Waals surface area contributed by atoms with Gasteiger partial charge in [-0.3, -0.25) is 4.79 Å². The van der Waals surface area contributed by atoms with Crippen molar-refractivity contribution in [1.82, 2.24) is 5.32 Å². The number of nitrogens with one attached hydrogen (secondary N) is 1. The van der Waals surface area contributed by atoms with Crippen LogP contribution >= 0.6 is 0 Å². The molecule has 1 aliphatic carbocycles. The number of furan rings is 1. The summed E-state index contributed by atoms with van der Waals surface area (Å²) < 4.78 is 16.0. The SMILES string of the molecule is COCc1c(C(=O)OCC(=O)N[C@@H]2CCC[C@H](C)[C@H]2C)oc2ccccc12. The number of para-hydroxylation sites is 1. The van der Waals surface area contributed by atoms with Gasteiger partial charge in [0.05, 0.1) is 6.61 Å². The van der Waals surface area contributed by atoms with E-state index in [1.165, 1.54) is 6.42 Å². The Labute approximate surface area is 159 Å². The van der Waals surface area contributed by atoms with Gasteiger partial charge in [-0.1, -0.05) is 44.9 Å². The maximum atomic E-state index is 12.5. The van der Waals surface area contributed by atoms with Crippen LogP contribution in [0.3, 0.4) is 0 Å². The van der Waals surface area contributed by atoms with E-state index in [1.54, 1.807) is 13.2 Å². The molecule has 1 aromatic heterocycles. The smallest absolute Gasteiger partial charge is 0.375 e. The fraction of sp³-hybridized carbons (Fsp3) is 0.524. The first-order chi connectivity index (χ1) is 13.0. The first kappa shape index (κ1) is 19.4. The zero-order valence-corrected chi connectivity index (χ0v) is 16.1. The molecule has 1 amide bonds. The van der Waals surface area contributed by atoms with Gasteiger partial charge in [0.15, 0.2) is 6.61 Å². The van der Waals surface area contributed by atoms with Gasteiger partial charge in [-0.2, -0.15) is 0 Å². The van der Waals surface area contributed by atoms with Gasteiger partial charge in [0, 0.05) is 24.1 Å². The lowest BCUT2D eigenvalue weighted by Crippen LogP contribution is -2.45. The number of rotatable bonds is 6. The van der Waals surface area contributed by atoms with Crippen molar-refractivity contribution in [2.45, 2.75) is 45.8 Å². The van der Waals surface area contributed by atoms with Crippen molar-refractivity contribution in [2.24, 2.45) is 11.8 Å². The Kier molecular flexibility index (Phi) is 6.16. The Morgan fingerprint density at radius 2 is 2.00 bits per heavy atom. The number of carbonyl (C=O) groups is 2. The van der Waals surface area contributed by atoms with Gasteiger partial charge in [-0.05, 0) is 24.3 Å². The molecule has 0 radical (unpaired) electrons. The predicted molar refractivity (Wildman–Crippen MR) is 101 cm³/mol. The lowest BCUT2D eigenvalue weighted by molar-refractivity contribution is -0.125. The van der Waals surface area contributed by atoms with E-state index in [0.717, 1.165) is 18.2 Å². The Morgan fingerprint density at radius 3 is 2.78 bits per heavy atom. The molecule has 0 spiro atoms. The summed E-state index contributed by atoms with van der Waals surface area (Å²) in [6.07, 6.45) is 3.26. The number of methoxy groups -OCH3 is 1. The van der Waals surface area contributed by atoms with Crippen LogP contribution in [-0.4, -0.2) is 31.6 Å². The van der Waals surface area contributed by atoms with Gasteiger partial charge in [-0.25, -0.2) is 4.79 Å². The highest BCUT2D eigenvalue weighted by Gasteiger charge is 2.29. The number of hydrogen-bond donors (Lipinski definition) is 1. The van der Waals surface area contributed by atoms with Crippen LogP contribution in [-0.2, 0) is 20.9 Å². The average Bonchev–Trinajstić information content (AvgIpc) is 3.03. The molecule has 3 atom stereocenters. The molecule has 0 unspecified atom stereocenters. The molecule has 1 fully saturated rings. The molecule has 6 heteroatoms. The predicted octanol–water partition coefficient (Wildman–Crippen LogP) is 3.68. The number of carbonyl (C=O) groups excluding carboxylic acids is 2. The maximum Gasteiger partial charge on any atom is 0.375 e. The third kappa shape index (κ3) is 4.33. The molecule has 1 aliphatic rings. The van der Waals surface area contributed by atoms with Crippen molar-refractivity contribution in [3.8, 4) is 0 Å². The van der Waals surface area contributed by atoms with Crippen LogP contribution in [0.4, 0.5) is 0 Å². The molecule has 27 heavy (non-hydrogen) atoms. The first-order valence-corrected chi connectivity index (χ1v) is 9.47. The highest BCUT2D eigenvalue weighted by atomic mass is 16.5. The fourth-order valence-electron chi connectivity index (χ4n) is 3.78. The molecule has 0 saturated heterocycles. The summed E-state index contributed by atoms with van der Waals surface area (Å²) >= 11 is 0. The number of hydrogen-bond acceptors (Lipinski definition) is 5. The highest BCUT2D eigenvalue weighted by molar-refractivity contribution is 5.96. The molecule has 0 aliphatic heterocycles. The highest BCUT2D eigenvalue weighted by Crippen LogP contribution is 2.29. The second-order valence-corrected chi connectivity index (χ2v) is 7.36. The van der Waals surface area contributed by atoms with Crippen LogP contribution < -0.4 is 5.32 Å². The van der Waals surface area contributed by atoms with Crippen molar-refractivity contribution in [3.63, 3.8) is 0 Å². The topological polar surface area (TPSA) is 77.8 Å². The third-order valence-corrected chi connectivity index (χ3v) is 5.56. The van der Waals surface area contributed by atoms with E-state index in [-0.39, 0.29) is 30.9 Å². The molecule has 1 N–H and O–H groups in total. The Bertz CT molecular complexity index is 812. The molecular formula is C21H27NO5. The van der Waals surface area contributed by atoms with E-state index < -0.39 is 5.97 Å². The van der Waals surface area contributed by atoms with Crippen molar-refractivity contribution in [2.75, 3.05) is 13.7 Å². The van der Waals surface area contributed by atoms with Crippen LogP contribution in [0, 0.1) is 11.8 Å². The minimum absolute atomic E-state index is 0.0884. The standard InChI is InChI=1S/C21H27NO5/c1-13-7-6-9-17(14(13)2)22-19(23)12-26-21(24)20-16(11-25-3)15-8-4-5-10-18(15)27-20/h4-5,8,10,13-14,17H,6-7,9,11-12H2,1-3H3,(H,22,23)/t13-,14+,17+/m0/s1. The number of esters is 1. The normalized spacial score (nSPS) is 22.6. The van der Waals surface area contributed by atoms with E-state index in [2.05, 4.69) is 19.2 Å². The van der Waals surface area contributed by atoms with Gasteiger partial charge >= 0.3 is 5.97 Å². The van der Waals surface area contributed by atoms with Gasteiger partial charge in [0.1, 0.15) is 5.58 Å². The monoisotopic (exact) mass is 373 g/mol. The van der Waals surface area contributed by atoms with Gasteiger partial charge in [-0.15, -0.1) is 0 Å². The van der Waals surface area contributed by atoms with Crippen molar-refractivity contribution in [3.05, 3.63) is 35.6 Å². The van der Waals surface area contributed by atoms with Gasteiger partial charge in [0.25, 0.3) is 5.91 Å². The molecule has 1 aromatic carbocycles. The van der Waals surface area contributed by atoms with Crippen LogP contribution in [0.1, 0.15) is 49.2 Å². The van der Waals surface area contributed by atoms with E-state index in [9.17, 15) is 9.59 Å². The molecule has 3 rings (SSSR count). The Morgan fingerprint density at radius 1 is 1.22 bits per heavy atom. The van der Waals surface area contributed by atoms with Gasteiger partial charge in [0.2, 0.25) is 5.76 Å². The quantitative estimate of drug-likeness (QED) is 0.782. The van der Waals surface area contributed by atoms with Crippen LogP contribution in [0.25, 0.3) is 11.0 Å². The summed E-state index contributed by atoms with van der Waals surface area (Å²) in [5, 5.41) is 3.81. The molecule has 1 heterocycles. The van der Waals surface area contributed by atoms with Crippen LogP contribution in [0.15, 0.2) is 28.7 Å². The van der Waals surface area contributed by atoms with Crippen LogP contribution in [0.2, 0.25) is 0 Å². The van der Waals surface area contributed by atoms with Crippen molar-refractivity contribution in [1.29, 1.82) is 0 Å². The number of ether oxygens (including phenoxy) is 2. The number of benzene rings is 1. The Balaban J connectivity index is 1.63. The summed E-state index contributed by atoms with van der Waals surface area (Å²) in [7, 11) is 1.55. The summed E-state index contributed by atoms with van der Waals surface area (Å²) in [5.41, 5.74) is 1.22. The second kappa shape index (κ2) is 8.57.